The summed E-state index contributed by atoms with van der Waals surface area (Å²) in [6.07, 6.45) is 1.53. The van der Waals surface area contributed by atoms with Crippen molar-refractivity contribution in [2.75, 3.05) is 32.8 Å². The maximum absolute atomic E-state index is 13.2. The normalized spacial score (nSPS) is 20.1. The third kappa shape index (κ3) is 4.30. The Balaban J connectivity index is 1.48. The highest BCUT2D eigenvalue weighted by Gasteiger charge is 2.42. The summed E-state index contributed by atoms with van der Waals surface area (Å²) in [7, 11) is 4.71. The van der Waals surface area contributed by atoms with Crippen molar-refractivity contribution in [3.63, 3.8) is 0 Å². The number of amides is 4. The van der Waals surface area contributed by atoms with Gasteiger partial charge >= 0.3 is 6.03 Å². The molecule has 0 aliphatic carbocycles. The Morgan fingerprint density at radius 1 is 1.00 bits per heavy atom. The minimum atomic E-state index is -0.911. The second-order valence-electron chi connectivity index (χ2n) is 7.93. The Bertz CT molecular complexity index is 1050. The first kappa shape index (κ1) is 22.4. The van der Waals surface area contributed by atoms with E-state index in [1.807, 2.05) is 12.1 Å². The maximum atomic E-state index is 13.2. The van der Waals surface area contributed by atoms with Crippen molar-refractivity contribution < 1.29 is 28.6 Å². The van der Waals surface area contributed by atoms with Gasteiger partial charge in [-0.3, -0.25) is 9.59 Å². The molecule has 0 unspecified atom stereocenters. The average Bonchev–Trinajstić information content (AvgIpc) is 3.43. The first-order valence-electron chi connectivity index (χ1n) is 10.8. The van der Waals surface area contributed by atoms with Crippen molar-refractivity contribution in [3.8, 4) is 17.2 Å². The van der Waals surface area contributed by atoms with Crippen LogP contribution in [0.2, 0.25) is 0 Å². The summed E-state index contributed by atoms with van der Waals surface area (Å²) in [5, 5.41) is 2.64. The number of hydrogen-bond donors (Lipinski definition) is 1. The molecule has 9 heteroatoms. The largest absolute Gasteiger partial charge is 0.497 e. The fraction of sp³-hybridized carbons (Fsp3) is 0.375. The van der Waals surface area contributed by atoms with Gasteiger partial charge < -0.3 is 24.4 Å². The summed E-state index contributed by atoms with van der Waals surface area (Å²) in [5.41, 5.74) is 1.32. The fourth-order valence-corrected chi connectivity index (χ4v) is 4.42. The summed E-state index contributed by atoms with van der Waals surface area (Å²) in [6, 6.07) is 10.5. The molecule has 2 atom stereocenters. The number of carbonyl (C=O) groups is 3. The molecule has 2 saturated heterocycles. The van der Waals surface area contributed by atoms with Gasteiger partial charge in [0.15, 0.2) is 0 Å². The number of carbonyl (C=O) groups excluding carboxylic acids is 3. The summed E-state index contributed by atoms with van der Waals surface area (Å²) in [6.45, 7) is 0.579. The second kappa shape index (κ2) is 9.40. The number of rotatable bonds is 7. The highest BCUT2D eigenvalue weighted by Crippen LogP contribution is 2.39. The van der Waals surface area contributed by atoms with E-state index in [0.717, 1.165) is 23.3 Å². The van der Waals surface area contributed by atoms with Gasteiger partial charge in [0.1, 0.15) is 23.3 Å². The molecule has 4 amide bonds. The molecule has 33 heavy (non-hydrogen) atoms. The molecule has 2 aromatic rings. The molecule has 2 heterocycles. The Morgan fingerprint density at radius 3 is 2.36 bits per heavy atom. The highest BCUT2D eigenvalue weighted by molar-refractivity contribution is 6.22. The predicted molar refractivity (Wildman–Crippen MR) is 121 cm³/mol. The van der Waals surface area contributed by atoms with Crippen molar-refractivity contribution in [1.82, 2.24) is 10.2 Å². The number of ether oxygens (including phenoxy) is 3. The summed E-state index contributed by atoms with van der Waals surface area (Å²) in [4.78, 5) is 41.5. The average molecular weight is 453 g/mol. The third-order valence-corrected chi connectivity index (χ3v) is 6.10. The van der Waals surface area contributed by atoms with E-state index in [4.69, 9.17) is 14.2 Å². The molecule has 2 aliphatic rings. The molecule has 2 aromatic carbocycles. The van der Waals surface area contributed by atoms with E-state index in [2.05, 4.69) is 5.32 Å². The van der Waals surface area contributed by atoms with Gasteiger partial charge in [-0.25, -0.2) is 9.69 Å². The van der Waals surface area contributed by atoms with Gasteiger partial charge in [0.05, 0.1) is 39.5 Å². The van der Waals surface area contributed by atoms with Crippen LogP contribution in [-0.4, -0.2) is 56.7 Å². The number of imide groups is 1. The zero-order valence-electron chi connectivity index (χ0n) is 18.9. The highest BCUT2D eigenvalue weighted by atomic mass is 16.5. The van der Waals surface area contributed by atoms with E-state index >= 15 is 0 Å². The molecule has 0 saturated carbocycles. The van der Waals surface area contributed by atoms with E-state index in [0.29, 0.717) is 29.5 Å². The number of urea groups is 1. The molecule has 174 valence electrons. The van der Waals surface area contributed by atoms with E-state index in [9.17, 15) is 14.4 Å². The molecule has 4 rings (SSSR count). The van der Waals surface area contributed by atoms with Crippen LogP contribution in [0.5, 0.6) is 17.2 Å². The van der Waals surface area contributed by atoms with Crippen LogP contribution in [0.3, 0.4) is 0 Å². The zero-order chi connectivity index (χ0) is 23.5. The Labute approximate surface area is 192 Å². The Kier molecular flexibility index (Phi) is 6.39. The molecule has 2 aliphatic heterocycles. The van der Waals surface area contributed by atoms with Gasteiger partial charge in [-0.2, -0.15) is 0 Å². The molecule has 1 N–H and O–H groups in total. The number of nitrogens with one attached hydrogen (secondary N) is 1. The molecule has 9 nitrogen and oxygen atoms in total. The van der Waals surface area contributed by atoms with E-state index in [1.165, 1.54) is 7.11 Å². The number of likely N-dealkylation sites (tertiary alicyclic amines) is 1. The van der Waals surface area contributed by atoms with Crippen LogP contribution in [0.4, 0.5) is 10.5 Å². The van der Waals surface area contributed by atoms with Crippen molar-refractivity contribution in [3.05, 3.63) is 48.0 Å². The molecule has 2 fully saturated rings. The van der Waals surface area contributed by atoms with E-state index in [-0.39, 0.29) is 18.4 Å². The molecule has 0 aromatic heterocycles. The predicted octanol–water partition coefficient (Wildman–Crippen LogP) is 2.89. The monoisotopic (exact) mass is 453 g/mol. The van der Waals surface area contributed by atoms with Gasteiger partial charge in [-0.1, -0.05) is 0 Å². The molecule has 0 spiro atoms. The van der Waals surface area contributed by atoms with Crippen LogP contribution < -0.4 is 24.4 Å². The number of nitrogens with zero attached hydrogens (tertiary/aromatic N) is 2. The molecular weight excluding hydrogens is 426 g/mol. The van der Waals surface area contributed by atoms with Gasteiger partial charge in [0, 0.05) is 18.2 Å². The van der Waals surface area contributed by atoms with Crippen molar-refractivity contribution >= 4 is 23.5 Å². The van der Waals surface area contributed by atoms with Crippen LogP contribution in [0.15, 0.2) is 42.5 Å². The standard InChI is InChI=1S/C24H27N3O6/c1-31-16-8-6-15(7-9-16)27-23(29)19(25-24(27)30)14-22(28)26-12-4-5-20(26)18-11-10-17(32-2)13-21(18)33-3/h6-11,13,19-20H,4-5,12,14H2,1-3H3,(H,25,30)/t19-,20-/m0/s1. The van der Waals surface area contributed by atoms with Gasteiger partial charge in [-0.15, -0.1) is 0 Å². The van der Waals surface area contributed by atoms with Crippen molar-refractivity contribution in [2.24, 2.45) is 0 Å². The molecule has 0 radical (unpaired) electrons. The number of hydrogen-bond acceptors (Lipinski definition) is 6. The number of anilines is 1. The van der Waals surface area contributed by atoms with Crippen LogP contribution in [-0.2, 0) is 9.59 Å². The van der Waals surface area contributed by atoms with Crippen molar-refractivity contribution in [2.45, 2.75) is 31.3 Å². The first-order valence-corrected chi connectivity index (χ1v) is 10.8. The smallest absolute Gasteiger partial charge is 0.329 e. The lowest BCUT2D eigenvalue weighted by atomic mass is 10.0. The van der Waals surface area contributed by atoms with Gasteiger partial charge in [0.25, 0.3) is 5.91 Å². The van der Waals surface area contributed by atoms with Crippen LogP contribution in [0.1, 0.15) is 30.9 Å². The number of methoxy groups -OCH3 is 3. The van der Waals surface area contributed by atoms with Crippen LogP contribution >= 0.6 is 0 Å². The first-order chi connectivity index (χ1) is 16.0. The fourth-order valence-electron chi connectivity index (χ4n) is 4.42. The van der Waals surface area contributed by atoms with Crippen LogP contribution in [0.25, 0.3) is 0 Å². The summed E-state index contributed by atoms with van der Waals surface area (Å²) in [5.74, 6) is 1.30. The molecule has 0 bridgehead atoms. The quantitative estimate of drug-likeness (QED) is 0.648. The molecular formula is C24H27N3O6. The third-order valence-electron chi connectivity index (χ3n) is 6.10. The SMILES string of the molecule is COc1ccc(N2C(=O)N[C@@H](CC(=O)N3CCC[C@H]3c3ccc(OC)cc3OC)C2=O)cc1. The minimum absolute atomic E-state index is 0.105. The zero-order valence-corrected chi connectivity index (χ0v) is 18.9. The van der Waals surface area contributed by atoms with E-state index in [1.54, 1.807) is 49.5 Å². The lowest BCUT2D eigenvalue weighted by Crippen LogP contribution is -2.39. The summed E-state index contributed by atoms with van der Waals surface area (Å²) < 4.78 is 15.9. The number of benzene rings is 2. The van der Waals surface area contributed by atoms with Gasteiger partial charge in [-0.05, 0) is 49.2 Å². The Hall–Kier alpha value is -3.75. The lowest BCUT2D eigenvalue weighted by Gasteiger charge is -2.27. The van der Waals surface area contributed by atoms with E-state index < -0.39 is 18.0 Å². The minimum Gasteiger partial charge on any atom is -0.497 e. The van der Waals surface area contributed by atoms with Crippen molar-refractivity contribution in [1.29, 1.82) is 0 Å². The lowest BCUT2D eigenvalue weighted by molar-refractivity contribution is -0.134. The van der Waals surface area contributed by atoms with Gasteiger partial charge in [0.2, 0.25) is 5.91 Å². The Morgan fingerprint density at radius 2 is 1.70 bits per heavy atom. The second-order valence-corrected chi connectivity index (χ2v) is 7.93. The summed E-state index contributed by atoms with van der Waals surface area (Å²) >= 11 is 0. The topological polar surface area (TPSA) is 97.4 Å². The maximum Gasteiger partial charge on any atom is 0.329 e. The van der Waals surface area contributed by atoms with Crippen LogP contribution in [0, 0.1) is 0 Å².